The second-order valence-electron chi connectivity index (χ2n) is 5.12. The summed E-state index contributed by atoms with van der Waals surface area (Å²) in [6.07, 6.45) is 3.60. The first-order valence-electron chi connectivity index (χ1n) is 6.92. The molecule has 0 radical (unpaired) electrons. The third-order valence-electron chi connectivity index (χ3n) is 3.62. The van der Waals surface area contributed by atoms with Gasteiger partial charge in [0.15, 0.2) is 0 Å². The van der Waals surface area contributed by atoms with Crippen LogP contribution in [0.25, 0.3) is 10.9 Å². The standard InChI is InChI=1S/C17H17N3O/c1-12(15-8-5-6-10-18-15)19-17(21)14-11-20(2)16-9-4-3-7-13(14)16/h3-12H,1-2H3,(H,19,21). The third kappa shape index (κ3) is 2.52. The molecule has 1 atom stereocenters. The van der Waals surface area contributed by atoms with Gasteiger partial charge in [0.1, 0.15) is 0 Å². The molecule has 0 aliphatic heterocycles. The zero-order valence-electron chi connectivity index (χ0n) is 12.1. The van der Waals surface area contributed by atoms with Crippen molar-refractivity contribution in [2.45, 2.75) is 13.0 Å². The number of nitrogens with one attached hydrogen (secondary N) is 1. The van der Waals surface area contributed by atoms with Gasteiger partial charge in [-0.3, -0.25) is 9.78 Å². The fourth-order valence-electron chi connectivity index (χ4n) is 2.50. The summed E-state index contributed by atoms with van der Waals surface area (Å²) in [6, 6.07) is 13.5. The number of nitrogens with zero attached hydrogens (tertiary/aromatic N) is 2. The minimum Gasteiger partial charge on any atom is -0.350 e. The van der Waals surface area contributed by atoms with Gasteiger partial charge in [0.05, 0.1) is 17.3 Å². The molecule has 1 amide bonds. The van der Waals surface area contributed by atoms with Crippen LogP contribution in [0.3, 0.4) is 0 Å². The van der Waals surface area contributed by atoms with Gasteiger partial charge in [-0.2, -0.15) is 0 Å². The van der Waals surface area contributed by atoms with Crippen LogP contribution in [-0.2, 0) is 7.05 Å². The molecule has 1 N–H and O–H groups in total. The van der Waals surface area contributed by atoms with Gasteiger partial charge >= 0.3 is 0 Å². The summed E-state index contributed by atoms with van der Waals surface area (Å²) in [7, 11) is 1.95. The van der Waals surface area contributed by atoms with Crippen LogP contribution in [-0.4, -0.2) is 15.5 Å². The van der Waals surface area contributed by atoms with E-state index < -0.39 is 0 Å². The lowest BCUT2D eigenvalue weighted by atomic mass is 10.1. The van der Waals surface area contributed by atoms with Gasteiger partial charge in [-0.15, -0.1) is 0 Å². The average molecular weight is 279 g/mol. The van der Waals surface area contributed by atoms with Gasteiger partial charge < -0.3 is 9.88 Å². The Kier molecular flexibility index (Phi) is 3.44. The topological polar surface area (TPSA) is 46.9 Å². The molecule has 1 unspecified atom stereocenters. The number of carbonyl (C=O) groups excluding carboxylic acids is 1. The number of fused-ring (bicyclic) bond motifs is 1. The van der Waals surface area contributed by atoms with E-state index in [4.69, 9.17) is 0 Å². The maximum atomic E-state index is 12.5. The van der Waals surface area contributed by atoms with Crippen LogP contribution in [0.4, 0.5) is 0 Å². The van der Waals surface area contributed by atoms with Gasteiger partial charge in [-0.25, -0.2) is 0 Å². The maximum Gasteiger partial charge on any atom is 0.253 e. The predicted octanol–water partition coefficient (Wildman–Crippen LogP) is 3.06. The summed E-state index contributed by atoms with van der Waals surface area (Å²) in [6.45, 7) is 1.94. The molecule has 0 bridgehead atoms. The normalized spacial score (nSPS) is 12.3. The fraction of sp³-hybridized carbons (Fsp3) is 0.176. The van der Waals surface area contributed by atoms with Crippen molar-refractivity contribution in [3.8, 4) is 0 Å². The van der Waals surface area contributed by atoms with E-state index in [-0.39, 0.29) is 11.9 Å². The van der Waals surface area contributed by atoms with Crippen molar-refractivity contribution in [2.75, 3.05) is 0 Å². The lowest BCUT2D eigenvalue weighted by Crippen LogP contribution is -2.27. The number of pyridine rings is 1. The van der Waals surface area contributed by atoms with Crippen molar-refractivity contribution < 1.29 is 4.79 Å². The van der Waals surface area contributed by atoms with Crippen molar-refractivity contribution in [1.82, 2.24) is 14.9 Å². The van der Waals surface area contributed by atoms with E-state index in [0.29, 0.717) is 5.56 Å². The summed E-state index contributed by atoms with van der Waals surface area (Å²) < 4.78 is 1.97. The zero-order valence-corrected chi connectivity index (χ0v) is 12.1. The third-order valence-corrected chi connectivity index (χ3v) is 3.62. The van der Waals surface area contributed by atoms with Gasteiger partial charge in [0, 0.05) is 30.3 Å². The Balaban J connectivity index is 1.88. The summed E-state index contributed by atoms with van der Waals surface area (Å²) in [5, 5.41) is 3.97. The van der Waals surface area contributed by atoms with Crippen LogP contribution >= 0.6 is 0 Å². The highest BCUT2D eigenvalue weighted by atomic mass is 16.1. The van der Waals surface area contributed by atoms with Gasteiger partial charge in [0.25, 0.3) is 5.91 Å². The Labute approximate surface area is 123 Å². The van der Waals surface area contributed by atoms with E-state index in [2.05, 4.69) is 10.3 Å². The lowest BCUT2D eigenvalue weighted by molar-refractivity contribution is 0.0940. The molecule has 0 fully saturated rings. The minimum absolute atomic E-state index is 0.0787. The Morgan fingerprint density at radius 2 is 1.95 bits per heavy atom. The molecule has 2 heterocycles. The van der Waals surface area contributed by atoms with Crippen LogP contribution in [0.5, 0.6) is 0 Å². The van der Waals surface area contributed by atoms with E-state index in [0.717, 1.165) is 16.6 Å². The highest BCUT2D eigenvalue weighted by Gasteiger charge is 2.16. The minimum atomic E-state index is -0.127. The van der Waals surface area contributed by atoms with E-state index in [9.17, 15) is 4.79 Å². The maximum absolute atomic E-state index is 12.5. The molecular formula is C17H17N3O. The number of carbonyl (C=O) groups is 1. The SMILES string of the molecule is CC(NC(=O)c1cn(C)c2ccccc12)c1ccccn1. The molecule has 106 valence electrons. The Morgan fingerprint density at radius 1 is 1.19 bits per heavy atom. The highest BCUT2D eigenvalue weighted by molar-refractivity contribution is 6.07. The van der Waals surface area contributed by atoms with Crippen molar-refractivity contribution >= 4 is 16.8 Å². The molecule has 21 heavy (non-hydrogen) atoms. The van der Waals surface area contributed by atoms with Gasteiger partial charge in [-0.1, -0.05) is 24.3 Å². The van der Waals surface area contributed by atoms with Gasteiger partial charge in [-0.05, 0) is 25.1 Å². The summed E-state index contributed by atoms with van der Waals surface area (Å²) >= 11 is 0. The van der Waals surface area contributed by atoms with Crippen LogP contribution in [0.1, 0.15) is 29.0 Å². The number of aryl methyl sites for hydroxylation is 1. The van der Waals surface area contributed by atoms with Crippen LogP contribution in [0.15, 0.2) is 54.9 Å². The molecule has 2 aromatic heterocycles. The second kappa shape index (κ2) is 5.40. The van der Waals surface area contributed by atoms with E-state index >= 15 is 0 Å². The van der Waals surface area contributed by atoms with E-state index in [1.165, 1.54) is 0 Å². The van der Waals surface area contributed by atoms with Crippen molar-refractivity contribution in [1.29, 1.82) is 0 Å². The Hall–Kier alpha value is -2.62. The number of aromatic nitrogens is 2. The predicted molar refractivity (Wildman–Crippen MR) is 83.0 cm³/mol. The number of rotatable bonds is 3. The van der Waals surface area contributed by atoms with Crippen LogP contribution in [0, 0.1) is 0 Å². The molecule has 0 aliphatic carbocycles. The molecule has 3 rings (SSSR count). The summed E-state index contributed by atoms with van der Waals surface area (Å²) in [4.78, 5) is 16.8. The number of amides is 1. The van der Waals surface area contributed by atoms with E-state index in [1.54, 1.807) is 6.20 Å². The number of para-hydroxylation sites is 1. The first-order valence-corrected chi connectivity index (χ1v) is 6.92. The molecule has 0 spiro atoms. The Morgan fingerprint density at radius 3 is 2.71 bits per heavy atom. The molecule has 0 saturated carbocycles. The Bertz CT molecular complexity index is 777. The molecule has 4 nitrogen and oxygen atoms in total. The average Bonchev–Trinajstić information content (AvgIpc) is 2.86. The molecule has 1 aromatic carbocycles. The highest BCUT2D eigenvalue weighted by Crippen LogP contribution is 2.21. The summed E-state index contributed by atoms with van der Waals surface area (Å²) in [5.74, 6) is -0.0787. The van der Waals surface area contributed by atoms with Crippen LogP contribution in [0.2, 0.25) is 0 Å². The quantitative estimate of drug-likeness (QED) is 0.801. The fourth-order valence-corrected chi connectivity index (χ4v) is 2.50. The van der Waals surface area contributed by atoms with Gasteiger partial charge in [0.2, 0.25) is 0 Å². The van der Waals surface area contributed by atoms with Crippen molar-refractivity contribution in [2.24, 2.45) is 7.05 Å². The van der Waals surface area contributed by atoms with Crippen molar-refractivity contribution in [3.63, 3.8) is 0 Å². The molecule has 0 saturated heterocycles. The number of benzene rings is 1. The molecule has 4 heteroatoms. The van der Waals surface area contributed by atoms with Crippen molar-refractivity contribution in [3.05, 3.63) is 66.1 Å². The number of hydrogen-bond donors (Lipinski definition) is 1. The largest absolute Gasteiger partial charge is 0.350 e. The van der Waals surface area contributed by atoms with E-state index in [1.807, 2.05) is 67.2 Å². The monoisotopic (exact) mass is 279 g/mol. The second-order valence-corrected chi connectivity index (χ2v) is 5.12. The lowest BCUT2D eigenvalue weighted by Gasteiger charge is -2.12. The zero-order chi connectivity index (χ0) is 14.8. The number of hydrogen-bond acceptors (Lipinski definition) is 2. The smallest absolute Gasteiger partial charge is 0.253 e. The molecular weight excluding hydrogens is 262 g/mol. The first kappa shape index (κ1) is 13.4. The van der Waals surface area contributed by atoms with Crippen LogP contribution < -0.4 is 5.32 Å². The molecule has 0 aliphatic rings. The first-order chi connectivity index (χ1) is 10.2. The summed E-state index contributed by atoms with van der Waals surface area (Å²) in [5.41, 5.74) is 2.59. The molecule has 3 aromatic rings.